The largest absolute Gasteiger partial charge is 0.399 e. The van der Waals surface area contributed by atoms with Crippen LogP contribution in [0.2, 0.25) is 0 Å². The van der Waals surface area contributed by atoms with E-state index in [1.807, 2.05) is 27.7 Å². The summed E-state index contributed by atoms with van der Waals surface area (Å²) in [7, 11) is 10.1. The van der Waals surface area contributed by atoms with Gasteiger partial charge in [0.1, 0.15) is 7.11 Å². The van der Waals surface area contributed by atoms with E-state index in [4.69, 9.17) is 4.74 Å². The van der Waals surface area contributed by atoms with Crippen LogP contribution in [-0.2, 0) is 19.2 Å². The van der Waals surface area contributed by atoms with Crippen molar-refractivity contribution in [3.8, 4) is 0 Å². The maximum absolute atomic E-state index is 10.1. The summed E-state index contributed by atoms with van der Waals surface area (Å²) in [6.45, 7) is 10.8. The number of nitrogens with zero attached hydrogens (tertiary/aromatic N) is 3. The Hall–Kier alpha value is -1.63. The van der Waals surface area contributed by atoms with Crippen molar-refractivity contribution >= 4 is 17.5 Å². The summed E-state index contributed by atoms with van der Waals surface area (Å²) < 4.78 is 4.75. The molecule has 0 saturated heterocycles. The molecule has 0 aliphatic rings. The van der Waals surface area contributed by atoms with E-state index in [1.165, 1.54) is 30.8 Å². The number of amides is 2. The van der Waals surface area contributed by atoms with Crippen molar-refractivity contribution in [2.75, 3.05) is 42.4 Å². The number of oxime groups is 1. The Morgan fingerprint density at radius 3 is 1.04 bits per heavy atom. The SMILES string of the molecule is CC(=O)N(C)C.CC(=O)N(C)C.COC(C)C.CON=C(C)C. The van der Waals surface area contributed by atoms with Gasteiger partial charge < -0.3 is 19.4 Å². The van der Waals surface area contributed by atoms with Crippen LogP contribution in [0.3, 0.4) is 0 Å². The maximum atomic E-state index is 10.1. The van der Waals surface area contributed by atoms with Gasteiger partial charge in [0.05, 0.1) is 11.8 Å². The van der Waals surface area contributed by atoms with Gasteiger partial charge in [0.15, 0.2) is 0 Å². The predicted octanol–water partition coefficient (Wildman–Crippen LogP) is 2.26. The molecule has 0 aromatic carbocycles. The van der Waals surface area contributed by atoms with Gasteiger partial charge in [-0.2, -0.15) is 0 Å². The molecular weight excluding hydrogens is 298 g/mol. The van der Waals surface area contributed by atoms with Gasteiger partial charge in [-0.3, -0.25) is 9.59 Å². The van der Waals surface area contributed by atoms with Crippen molar-refractivity contribution in [3.63, 3.8) is 0 Å². The smallest absolute Gasteiger partial charge is 0.218 e. The van der Waals surface area contributed by atoms with E-state index in [-0.39, 0.29) is 11.8 Å². The number of ether oxygens (including phenoxy) is 1. The van der Waals surface area contributed by atoms with Crippen LogP contribution in [0.15, 0.2) is 5.16 Å². The summed E-state index contributed by atoms with van der Waals surface area (Å²) in [6, 6.07) is 0. The molecule has 0 aromatic heterocycles. The Kier molecular flexibility index (Phi) is 26.0. The highest BCUT2D eigenvalue weighted by molar-refractivity contribution is 5.78. The van der Waals surface area contributed by atoms with E-state index in [0.29, 0.717) is 6.10 Å². The highest BCUT2D eigenvalue weighted by Crippen LogP contribution is 1.78. The van der Waals surface area contributed by atoms with E-state index in [1.54, 1.807) is 35.3 Å². The van der Waals surface area contributed by atoms with Crippen molar-refractivity contribution in [1.82, 2.24) is 9.80 Å². The van der Waals surface area contributed by atoms with Gasteiger partial charge in [-0.25, -0.2) is 0 Å². The molecule has 0 radical (unpaired) electrons. The average molecular weight is 335 g/mol. The van der Waals surface area contributed by atoms with E-state index in [2.05, 4.69) is 9.99 Å². The van der Waals surface area contributed by atoms with Crippen molar-refractivity contribution in [2.24, 2.45) is 5.16 Å². The third-order valence-electron chi connectivity index (χ3n) is 2.00. The van der Waals surface area contributed by atoms with Crippen LogP contribution in [0, 0.1) is 0 Å². The van der Waals surface area contributed by atoms with Crippen LogP contribution >= 0.6 is 0 Å². The first-order valence-electron chi connectivity index (χ1n) is 7.26. The molecule has 7 heteroatoms. The lowest BCUT2D eigenvalue weighted by Gasteiger charge is -2.02. The molecule has 0 aromatic rings. The number of hydrogen-bond donors (Lipinski definition) is 0. The Balaban J connectivity index is -0.000000105. The number of rotatable bonds is 2. The lowest BCUT2D eigenvalue weighted by atomic mass is 10.5. The molecule has 0 saturated carbocycles. The van der Waals surface area contributed by atoms with Crippen molar-refractivity contribution in [1.29, 1.82) is 0 Å². The summed E-state index contributed by atoms with van der Waals surface area (Å²) in [6.07, 6.45) is 0.384. The van der Waals surface area contributed by atoms with Gasteiger partial charge in [0.25, 0.3) is 0 Å². The highest BCUT2D eigenvalue weighted by atomic mass is 16.6. The molecule has 0 spiro atoms. The number of carbonyl (C=O) groups is 2. The Morgan fingerprint density at radius 2 is 1.04 bits per heavy atom. The Morgan fingerprint density at radius 1 is 0.826 bits per heavy atom. The standard InChI is InChI=1S/3C4H9NO.C4H10O/c2*1-4(6)5(2)3;1-4(2)5-6-3;1-4(2)5-3/h3*1-3H3;4H,1-3H3. The summed E-state index contributed by atoms with van der Waals surface area (Å²) in [5.74, 6) is 0.185. The first-order chi connectivity index (χ1) is 10.3. The predicted molar refractivity (Wildman–Crippen MR) is 96.7 cm³/mol. The van der Waals surface area contributed by atoms with E-state index in [9.17, 15) is 9.59 Å². The van der Waals surface area contributed by atoms with E-state index in [0.717, 1.165) is 5.71 Å². The fraction of sp³-hybridized carbons (Fsp3) is 0.812. The van der Waals surface area contributed by atoms with Gasteiger partial charge in [-0.1, -0.05) is 5.16 Å². The van der Waals surface area contributed by atoms with Crippen LogP contribution in [0.1, 0.15) is 41.5 Å². The second-order valence-corrected chi connectivity index (χ2v) is 5.33. The summed E-state index contributed by atoms with van der Waals surface area (Å²) >= 11 is 0. The van der Waals surface area contributed by atoms with Gasteiger partial charge in [0, 0.05) is 49.1 Å². The lowest BCUT2D eigenvalue weighted by Crippen LogP contribution is -2.17. The molecule has 0 atom stereocenters. The molecule has 0 fully saturated rings. The molecule has 23 heavy (non-hydrogen) atoms. The number of hydrogen-bond acceptors (Lipinski definition) is 5. The second-order valence-electron chi connectivity index (χ2n) is 5.33. The third-order valence-corrected chi connectivity index (χ3v) is 2.00. The quantitative estimate of drug-likeness (QED) is 0.573. The molecular formula is C16H37N3O4. The van der Waals surface area contributed by atoms with Crippen molar-refractivity contribution in [2.45, 2.75) is 47.6 Å². The van der Waals surface area contributed by atoms with Crippen LogP contribution in [0.25, 0.3) is 0 Å². The molecule has 0 bridgehead atoms. The third kappa shape index (κ3) is 53.2. The number of carbonyl (C=O) groups excluding carboxylic acids is 2. The van der Waals surface area contributed by atoms with Gasteiger partial charge in [-0.15, -0.1) is 0 Å². The Labute approximate surface area is 142 Å². The first-order valence-corrected chi connectivity index (χ1v) is 7.26. The van der Waals surface area contributed by atoms with E-state index < -0.39 is 0 Å². The summed E-state index contributed by atoms with van der Waals surface area (Å²) in [5.41, 5.74) is 0.942. The maximum Gasteiger partial charge on any atom is 0.218 e. The van der Waals surface area contributed by atoms with Crippen LogP contribution in [-0.4, -0.2) is 75.8 Å². The van der Waals surface area contributed by atoms with Crippen LogP contribution in [0.5, 0.6) is 0 Å². The number of methoxy groups -OCH3 is 1. The molecule has 0 unspecified atom stereocenters. The van der Waals surface area contributed by atoms with Crippen molar-refractivity contribution < 1.29 is 19.2 Å². The molecule has 0 N–H and O–H groups in total. The molecule has 140 valence electrons. The molecule has 7 nitrogen and oxygen atoms in total. The minimum Gasteiger partial charge on any atom is -0.399 e. The molecule has 0 heterocycles. The summed E-state index contributed by atoms with van der Waals surface area (Å²) in [4.78, 5) is 27.6. The van der Waals surface area contributed by atoms with E-state index >= 15 is 0 Å². The monoisotopic (exact) mass is 335 g/mol. The minimum absolute atomic E-state index is 0.0926. The normalized spacial score (nSPS) is 8.04. The van der Waals surface area contributed by atoms with Crippen LogP contribution < -0.4 is 0 Å². The van der Waals surface area contributed by atoms with Gasteiger partial charge in [-0.05, 0) is 27.7 Å². The molecule has 0 aliphatic heterocycles. The van der Waals surface area contributed by atoms with Crippen LogP contribution in [0.4, 0.5) is 0 Å². The first kappa shape index (κ1) is 29.4. The minimum atomic E-state index is 0.0926. The fourth-order valence-electron chi connectivity index (χ4n) is 0.183. The fourth-order valence-corrected chi connectivity index (χ4v) is 0.183. The summed E-state index contributed by atoms with van der Waals surface area (Å²) in [5, 5.41) is 3.54. The van der Waals surface area contributed by atoms with Crippen molar-refractivity contribution in [3.05, 3.63) is 0 Å². The highest BCUT2D eigenvalue weighted by Gasteiger charge is 1.88. The lowest BCUT2D eigenvalue weighted by molar-refractivity contribution is -0.127. The zero-order valence-electron chi connectivity index (χ0n) is 17.1. The molecule has 0 rings (SSSR count). The van der Waals surface area contributed by atoms with Gasteiger partial charge in [0.2, 0.25) is 11.8 Å². The average Bonchev–Trinajstić information content (AvgIpc) is 2.40. The van der Waals surface area contributed by atoms with Gasteiger partial charge >= 0.3 is 0 Å². The molecule has 0 aliphatic carbocycles. The zero-order valence-corrected chi connectivity index (χ0v) is 17.1. The zero-order chi connectivity index (χ0) is 19.6. The topological polar surface area (TPSA) is 71.4 Å². The Bertz CT molecular complexity index is 292. The second kappa shape index (κ2) is 20.4. The molecule has 2 amide bonds.